The van der Waals surface area contributed by atoms with Crippen molar-refractivity contribution in [2.24, 2.45) is 0 Å². The Morgan fingerprint density at radius 2 is 1.82 bits per heavy atom. The Labute approximate surface area is 200 Å². The van der Waals surface area contributed by atoms with E-state index in [9.17, 15) is 9.90 Å². The highest BCUT2D eigenvalue weighted by atomic mass is 16.3. The van der Waals surface area contributed by atoms with Crippen molar-refractivity contribution in [1.29, 1.82) is 0 Å². The third-order valence-electron chi connectivity index (χ3n) is 7.17. The first-order valence-electron chi connectivity index (χ1n) is 12.3. The largest absolute Gasteiger partial charge is 0.493 e. The van der Waals surface area contributed by atoms with Gasteiger partial charge in [-0.3, -0.25) is 4.79 Å². The summed E-state index contributed by atoms with van der Waals surface area (Å²) in [6, 6.07) is 11.1. The van der Waals surface area contributed by atoms with E-state index in [0.717, 1.165) is 37.0 Å². The number of carbonyl (C=O) groups excluding carboxylic acids is 1. The maximum Gasteiger partial charge on any atom is 0.228 e. The maximum absolute atomic E-state index is 11.8. The standard InChI is InChI=1S/C26H34N6O2/c1-18(2)32-17-22-23(25(32)34)27-26(30-14-12-29(13-15-30)19(3)33)28-24(22)31-11-7-10-21(31)16-20-8-5-4-6-9-20/h4-6,8-9,17-18,21,34H,7,10-16H2,1-3H3/t21-/m1/s1. The topological polar surface area (TPSA) is 77.7 Å². The van der Waals surface area contributed by atoms with Crippen LogP contribution in [0.2, 0.25) is 0 Å². The quantitative estimate of drug-likeness (QED) is 0.624. The van der Waals surface area contributed by atoms with Gasteiger partial charge in [-0.2, -0.15) is 4.98 Å². The van der Waals surface area contributed by atoms with Crippen LogP contribution in [0.5, 0.6) is 5.88 Å². The number of rotatable bonds is 5. The predicted molar refractivity (Wildman–Crippen MR) is 135 cm³/mol. The summed E-state index contributed by atoms with van der Waals surface area (Å²) < 4.78 is 1.88. The average Bonchev–Trinajstić information content (AvgIpc) is 3.43. The van der Waals surface area contributed by atoms with Gasteiger partial charge in [0.15, 0.2) is 0 Å². The number of anilines is 2. The van der Waals surface area contributed by atoms with Gasteiger partial charge in [0.2, 0.25) is 17.7 Å². The third kappa shape index (κ3) is 4.17. The van der Waals surface area contributed by atoms with Gasteiger partial charge in [0.25, 0.3) is 0 Å². The molecule has 1 amide bonds. The molecule has 34 heavy (non-hydrogen) atoms. The average molecular weight is 463 g/mol. The highest BCUT2D eigenvalue weighted by Gasteiger charge is 2.31. The lowest BCUT2D eigenvalue weighted by atomic mass is 10.0. The van der Waals surface area contributed by atoms with E-state index in [1.807, 2.05) is 15.7 Å². The molecule has 0 aliphatic carbocycles. The molecule has 2 saturated heterocycles. The zero-order chi connectivity index (χ0) is 23.8. The number of piperazine rings is 1. The van der Waals surface area contributed by atoms with Crippen molar-refractivity contribution in [2.75, 3.05) is 42.5 Å². The zero-order valence-electron chi connectivity index (χ0n) is 20.3. The second-order valence-electron chi connectivity index (χ2n) is 9.74. The van der Waals surface area contributed by atoms with Crippen LogP contribution in [0.25, 0.3) is 10.9 Å². The van der Waals surface area contributed by atoms with Gasteiger partial charge >= 0.3 is 0 Å². The fraction of sp³-hybridized carbons (Fsp3) is 0.500. The maximum atomic E-state index is 11.8. The monoisotopic (exact) mass is 462 g/mol. The molecule has 4 heterocycles. The van der Waals surface area contributed by atoms with E-state index in [2.05, 4.69) is 54.0 Å². The molecule has 1 atom stereocenters. The molecule has 0 unspecified atom stereocenters. The molecule has 2 aliphatic rings. The van der Waals surface area contributed by atoms with Crippen LogP contribution in [0, 0.1) is 0 Å². The summed E-state index contributed by atoms with van der Waals surface area (Å²) in [5, 5.41) is 11.9. The zero-order valence-corrected chi connectivity index (χ0v) is 20.3. The molecule has 0 saturated carbocycles. The molecule has 8 heteroatoms. The Morgan fingerprint density at radius 3 is 2.50 bits per heavy atom. The van der Waals surface area contributed by atoms with Crippen molar-refractivity contribution in [1.82, 2.24) is 19.4 Å². The smallest absolute Gasteiger partial charge is 0.228 e. The summed E-state index contributed by atoms with van der Waals surface area (Å²) in [6.07, 6.45) is 5.20. The molecule has 1 aromatic carbocycles. The van der Waals surface area contributed by atoms with Crippen molar-refractivity contribution in [3.63, 3.8) is 0 Å². The number of hydrogen-bond donors (Lipinski definition) is 1. The lowest BCUT2D eigenvalue weighted by molar-refractivity contribution is -0.129. The SMILES string of the molecule is CC(=O)N1CCN(c2nc(N3CCC[C@@H]3Cc3ccccc3)c3cn(C(C)C)c(O)c3n2)CC1. The number of benzene rings is 1. The van der Waals surface area contributed by atoms with Crippen molar-refractivity contribution < 1.29 is 9.90 Å². The fourth-order valence-electron chi connectivity index (χ4n) is 5.25. The molecule has 180 valence electrons. The minimum Gasteiger partial charge on any atom is -0.493 e. The minimum absolute atomic E-state index is 0.101. The Kier molecular flexibility index (Phi) is 6.06. The molecule has 0 spiro atoms. The highest BCUT2D eigenvalue weighted by molar-refractivity contribution is 5.94. The second-order valence-corrected chi connectivity index (χ2v) is 9.74. The van der Waals surface area contributed by atoms with Gasteiger partial charge in [-0.25, -0.2) is 4.98 Å². The van der Waals surface area contributed by atoms with Gasteiger partial charge in [0.1, 0.15) is 11.3 Å². The first-order valence-corrected chi connectivity index (χ1v) is 12.3. The summed E-state index contributed by atoms with van der Waals surface area (Å²) in [4.78, 5) is 28.1. The van der Waals surface area contributed by atoms with Crippen molar-refractivity contribution in [3.05, 3.63) is 42.1 Å². The molecule has 8 nitrogen and oxygen atoms in total. The third-order valence-corrected chi connectivity index (χ3v) is 7.17. The minimum atomic E-state index is 0.101. The van der Waals surface area contributed by atoms with Gasteiger partial charge in [-0.15, -0.1) is 0 Å². The number of aromatic nitrogens is 3. The molecule has 2 aliphatic heterocycles. The first kappa shape index (κ1) is 22.5. The Bertz CT molecular complexity index is 1170. The number of fused-ring (bicyclic) bond motifs is 1. The van der Waals surface area contributed by atoms with Gasteiger partial charge in [0, 0.05) is 57.9 Å². The molecule has 0 bridgehead atoms. The number of amides is 1. The van der Waals surface area contributed by atoms with Crippen molar-refractivity contribution in [3.8, 4) is 5.88 Å². The van der Waals surface area contributed by atoms with E-state index in [1.54, 1.807) is 6.92 Å². The molecule has 1 N–H and O–H groups in total. The van der Waals surface area contributed by atoms with Gasteiger partial charge in [-0.1, -0.05) is 30.3 Å². The molecule has 2 fully saturated rings. The van der Waals surface area contributed by atoms with Crippen molar-refractivity contribution >= 4 is 28.6 Å². The van der Waals surface area contributed by atoms with Crippen LogP contribution in [0.4, 0.5) is 11.8 Å². The Morgan fingerprint density at radius 1 is 1.09 bits per heavy atom. The van der Waals surface area contributed by atoms with Gasteiger partial charge in [0.05, 0.1) is 5.39 Å². The van der Waals surface area contributed by atoms with Crippen LogP contribution in [-0.4, -0.2) is 69.2 Å². The van der Waals surface area contributed by atoms with Gasteiger partial charge < -0.3 is 24.4 Å². The molecule has 0 radical (unpaired) electrons. The molecule has 3 aromatic rings. The number of hydrogen-bond acceptors (Lipinski definition) is 6. The Hall–Kier alpha value is -3.29. The number of aromatic hydroxyl groups is 1. The van der Waals surface area contributed by atoms with Gasteiger partial charge in [-0.05, 0) is 38.7 Å². The number of carbonyl (C=O) groups is 1. The van der Waals surface area contributed by atoms with E-state index in [-0.39, 0.29) is 17.8 Å². The molecular weight excluding hydrogens is 428 g/mol. The van der Waals surface area contributed by atoms with Crippen LogP contribution in [0.1, 0.15) is 45.2 Å². The lowest BCUT2D eigenvalue weighted by Crippen LogP contribution is -2.48. The number of nitrogens with zero attached hydrogens (tertiary/aromatic N) is 6. The van der Waals surface area contributed by atoms with Crippen LogP contribution < -0.4 is 9.80 Å². The summed E-state index contributed by atoms with van der Waals surface area (Å²) in [7, 11) is 0. The lowest BCUT2D eigenvalue weighted by Gasteiger charge is -2.35. The van der Waals surface area contributed by atoms with E-state index >= 15 is 0 Å². The Balaban J connectivity index is 1.54. The summed E-state index contributed by atoms with van der Waals surface area (Å²) in [5.41, 5.74) is 1.93. The van der Waals surface area contributed by atoms with Crippen LogP contribution in [0.3, 0.4) is 0 Å². The fourth-order valence-corrected chi connectivity index (χ4v) is 5.25. The van der Waals surface area contributed by atoms with Crippen LogP contribution in [-0.2, 0) is 11.2 Å². The molecule has 5 rings (SSSR count). The molecule has 2 aromatic heterocycles. The summed E-state index contributed by atoms with van der Waals surface area (Å²) in [6.45, 7) is 9.35. The van der Waals surface area contributed by atoms with Crippen LogP contribution in [0.15, 0.2) is 36.5 Å². The van der Waals surface area contributed by atoms with Crippen LogP contribution >= 0.6 is 0 Å². The van der Waals surface area contributed by atoms with E-state index in [0.29, 0.717) is 43.7 Å². The molecular formula is C26H34N6O2. The highest BCUT2D eigenvalue weighted by Crippen LogP contribution is 2.38. The first-order chi connectivity index (χ1) is 16.4. The van der Waals surface area contributed by atoms with E-state index in [1.165, 1.54) is 5.56 Å². The predicted octanol–water partition coefficient (Wildman–Crippen LogP) is 3.60. The van der Waals surface area contributed by atoms with Crippen molar-refractivity contribution in [2.45, 2.75) is 52.1 Å². The summed E-state index contributed by atoms with van der Waals surface area (Å²) >= 11 is 0. The van der Waals surface area contributed by atoms with E-state index in [4.69, 9.17) is 9.97 Å². The summed E-state index contributed by atoms with van der Waals surface area (Å²) in [5.74, 6) is 1.83. The van der Waals surface area contributed by atoms with E-state index < -0.39 is 0 Å². The normalized spacial score (nSPS) is 18.9. The second kappa shape index (κ2) is 9.16.